The van der Waals surface area contributed by atoms with Crippen molar-refractivity contribution in [2.24, 2.45) is 11.8 Å². The fourth-order valence-electron chi connectivity index (χ4n) is 2.15. The average molecular weight is 265 g/mol. The van der Waals surface area contributed by atoms with E-state index < -0.39 is 11.2 Å². The van der Waals surface area contributed by atoms with Crippen molar-refractivity contribution in [3.8, 4) is 0 Å². The number of anilines is 1. The van der Waals surface area contributed by atoms with Crippen molar-refractivity contribution in [2.45, 2.75) is 32.4 Å². The number of hydrogen-bond donors (Lipinski definition) is 1. The molecule has 0 bridgehead atoms. The summed E-state index contributed by atoms with van der Waals surface area (Å²) in [6.07, 6.45) is -0.842. The highest BCUT2D eigenvalue weighted by Gasteiger charge is 2.35. The molecule has 2 atom stereocenters. The molecule has 3 nitrogen and oxygen atoms in total. The lowest BCUT2D eigenvalue weighted by Crippen LogP contribution is -2.16. The molecular formula is C10H14F3N3S. The van der Waals surface area contributed by atoms with Crippen LogP contribution >= 0.6 is 11.3 Å². The molecule has 96 valence electrons. The monoisotopic (exact) mass is 265 g/mol. The molecule has 1 aliphatic rings. The maximum absolute atomic E-state index is 12.3. The van der Waals surface area contributed by atoms with E-state index in [-0.39, 0.29) is 5.13 Å². The lowest BCUT2D eigenvalue weighted by molar-refractivity contribution is -0.138. The van der Waals surface area contributed by atoms with E-state index in [0.717, 1.165) is 6.42 Å². The summed E-state index contributed by atoms with van der Waals surface area (Å²) in [5, 5.41) is 8.96. The zero-order valence-corrected chi connectivity index (χ0v) is 10.2. The van der Waals surface area contributed by atoms with Crippen molar-refractivity contribution >= 4 is 16.5 Å². The summed E-state index contributed by atoms with van der Waals surface area (Å²) >= 11 is 0.566. The summed E-state index contributed by atoms with van der Waals surface area (Å²) in [7, 11) is 0. The highest BCUT2D eigenvalue weighted by atomic mass is 32.1. The number of alkyl halides is 3. The Morgan fingerprint density at radius 3 is 2.65 bits per heavy atom. The van der Waals surface area contributed by atoms with Gasteiger partial charge in [-0.15, -0.1) is 10.2 Å². The van der Waals surface area contributed by atoms with Crippen LogP contribution in [0.3, 0.4) is 0 Å². The van der Waals surface area contributed by atoms with Crippen molar-refractivity contribution in [2.75, 3.05) is 11.9 Å². The van der Waals surface area contributed by atoms with Gasteiger partial charge in [0.2, 0.25) is 10.1 Å². The Kier molecular flexibility index (Phi) is 3.56. The van der Waals surface area contributed by atoms with Crippen LogP contribution in [0.1, 0.15) is 31.2 Å². The third-order valence-corrected chi connectivity index (χ3v) is 4.15. The molecule has 0 saturated heterocycles. The first-order chi connectivity index (χ1) is 7.97. The molecule has 1 N–H and O–H groups in total. The number of rotatable bonds is 3. The van der Waals surface area contributed by atoms with Crippen LogP contribution in [0.5, 0.6) is 0 Å². The first kappa shape index (κ1) is 12.6. The van der Waals surface area contributed by atoms with Crippen molar-refractivity contribution < 1.29 is 13.2 Å². The maximum atomic E-state index is 12.3. The first-order valence-corrected chi connectivity index (χ1v) is 6.43. The van der Waals surface area contributed by atoms with Gasteiger partial charge in [-0.05, 0) is 18.3 Å². The second kappa shape index (κ2) is 4.80. The minimum atomic E-state index is -4.39. The standard InChI is InChI=1S/C10H14F3N3S/c1-6-3-2-4-7(6)5-14-9-16-15-8(17-9)10(11,12)13/h6-7H,2-5H2,1H3,(H,14,16). The van der Waals surface area contributed by atoms with Crippen molar-refractivity contribution in [1.29, 1.82) is 0 Å². The van der Waals surface area contributed by atoms with Gasteiger partial charge in [0, 0.05) is 6.54 Å². The molecular weight excluding hydrogens is 251 g/mol. The fraction of sp³-hybridized carbons (Fsp3) is 0.800. The van der Waals surface area contributed by atoms with Crippen molar-refractivity contribution in [3.05, 3.63) is 5.01 Å². The molecule has 0 aliphatic heterocycles. The third-order valence-electron chi connectivity index (χ3n) is 3.22. The van der Waals surface area contributed by atoms with E-state index in [0.29, 0.717) is 29.7 Å². The van der Waals surface area contributed by atoms with Gasteiger partial charge in [0.25, 0.3) is 0 Å². The van der Waals surface area contributed by atoms with Gasteiger partial charge in [-0.1, -0.05) is 31.1 Å². The first-order valence-electron chi connectivity index (χ1n) is 5.61. The molecule has 1 saturated carbocycles. The Labute approximate surface area is 101 Å². The molecule has 1 aromatic rings. The number of nitrogens with zero attached hydrogens (tertiary/aromatic N) is 2. The molecule has 1 aliphatic carbocycles. The second-order valence-electron chi connectivity index (χ2n) is 4.46. The summed E-state index contributed by atoms with van der Waals surface area (Å²) in [6, 6.07) is 0. The molecule has 0 amide bonds. The van der Waals surface area contributed by atoms with E-state index in [2.05, 4.69) is 22.4 Å². The fourth-order valence-corrected chi connectivity index (χ4v) is 2.77. The number of halogens is 3. The summed E-state index contributed by atoms with van der Waals surface area (Å²) in [5.41, 5.74) is 0. The van der Waals surface area contributed by atoms with Crippen molar-refractivity contribution in [3.63, 3.8) is 0 Å². The molecule has 0 radical (unpaired) electrons. The minimum Gasteiger partial charge on any atom is -0.360 e. The van der Waals surface area contributed by atoms with E-state index >= 15 is 0 Å². The van der Waals surface area contributed by atoms with Gasteiger partial charge in [0.15, 0.2) is 0 Å². The van der Waals surface area contributed by atoms with Gasteiger partial charge in [-0.25, -0.2) is 0 Å². The van der Waals surface area contributed by atoms with Gasteiger partial charge < -0.3 is 5.32 Å². The molecule has 2 rings (SSSR count). The van der Waals surface area contributed by atoms with Gasteiger partial charge >= 0.3 is 6.18 Å². The number of hydrogen-bond acceptors (Lipinski definition) is 4. The Balaban J connectivity index is 1.89. The molecule has 0 aromatic carbocycles. The molecule has 7 heteroatoms. The third kappa shape index (κ3) is 3.08. The Hall–Kier alpha value is -0.850. The van der Waals surface area contributed by atoms with E-state index in [1.54, 1.807) is 0 Å². The van der Waals surface area contributed by atoms with E-state index in [1.165, 1.54) is 12.8 Å². The van der Waals surface area contributed by atoms with Crippen LogP contribution in [-0.2, 0) is 6.18 Å². The van der Waals surface area contributed by atoms with Crippen molar-refractivity contribution in [1.82, 2.24) is 10.2 Å². The molecule has 0 spiro atoms. The minimum absolute atomic E-state index is 0.261. The predicted octanol–water partition coefficient (Wildman–Crippen LogP) is 3.41. The normalized spacial score (nSPS) is 25.2. The van der Waals surface area contributed by atoms with Crippen LogP contribution < -0.4 is 5.32 Å². The van der Waals surface area contributed by atoms with Crippen LogP contribution in [-0.4, -0.2) is 16.7 Å². The van der Waals surface area contributed by atoms with E-state index in [1.807, 2.05) is 0 Å². The highest BCUT2D eigenvalue weighted by Crippen LogP contribution is 2.34. The quantitative estimate of drug-likeness (QED) is 0.910. The molecule has 1 aromatic heterocycles. The van der Waals surface area contributed by atoms with Crippen LogP contribution in [0.25, 0.3) is 0 Å². The van der Waals surface area contributed by atoms with Gasteiger partial charge in [0.1, 0.15) is 0 Å². The summed E-state index contributed by atoms with van der Waals surface area (Å²) in [5.74, 6) is 1.17. The average Bonchev–Trinajstić information content (AvgIpc) is 2.82. The van der Waals surface area contributed by atoms with Crippen LogP contribution in [0.15, 0.2) is 0 Å². The maximum Gasteiger partial charge on any atom is 0.445 e. The zero-order valence-electron chi connectivity index (χ0n) is 9.42. The Bertz CT molecular complexity index is 377. The topological polar surface area (TPSA) is 37.8 Å². The zero-order chi connectivity index (χ0) is 12.5. The lowest BCUT2D eigenvalue weighted by atomic mass is 9.98. The molecule has 2 unspecified atom stereocenters. The Morgan fingerprint density at radius 1 is 1.35 bits per heavy atom. The second-order valence-corrected chi connectivity index (χ2v) is 5.44. The molecule has 1 heterocycles. The number of aromatic nitrogens is 2. The Morgan fingerprint density at radius 2 is 2.12 bits per heavy atom. The summed E-state index contributed by atoms with van der Waals surface area (Å²) in [4.78, 5) is 0. The summed E-state index contributed by atoms with van der Waals surface area (Å²) < 4.78 is 36.9. The lowest BCUT2D eigenvalue weighted by Gasteiger charge is -2.14. The van der Waals surface area contributed by atoms with Crippen LogP contribution in [0.2, 0.25) is 0 Å². The number of nitrogens with one attached hydrogen (secondary N) is 1. The van der Waals surface area contributed by atoms with E-state index in [4.69, 9.17) is 0 Å². The SMILES string of the molecule is CC1CCCC1CNc1nnc(C(F)(F)F)s1. The van der Waals surface area contributed by atoms with Gasteiger partial charge in [-0.3, -0.25) is 0 Å². The predicted molar refractivity (Wildman–Crippen MR) is 59.9 cm³/mol. The highest BCUT2D eigenvalue weighted by molar-refractivity contribution is 7.15. The largest absolute Gasteiger partial charge is 0.445 e. The van der Waals surface area contributed by atoms with Crippen LogP contribution in [0.4, 0.5) is 18.3 Å². The van der Waals surface area contributed by atoms with Gasteiger partial charge in [0.05, 0.1) is 0 Å². The smallest absolute Gasteiger partial charge is 0.360 e. The summed E-state index contributed by atoms with van der Waals surface area (Å²) in [6.45, 7) is 2.87. The molecule has 1 fully saturated rings. The van der Waals surface area contributed by atoms with Gasteiger partial charge in [-0.2, -0.15) is 13.2 Å². The van der Waals surface area contributed by atoms with E-state index in [9.17, 15) is 13.2 Å². The molecule has 17 heavy (non-hydrogen) atoms. The van der Waals surface area contributed by atoms with Crippen LogP contribution in [0, 0.1) is 11.8 Å².